The number of amides is 1. The smallest absolute Gasteiger partial charge is 0.251 e. The third-order valence-electron chi connectivity index (χ3n) is 6.63. The minimum absolute atomic E-state index is 0.0382. The van der Waals surface area contributed by atoms with Crippen molar-refractivity contribution < 1.29 is 4.79 Å². The van der Waals surface area contributed by atoms with Crippen LogP contribution in [0.2, 0.25) is 0 Å². The van der Waals surface area contributed by atoms with Gasteiger partial charge in [0.1, 0.15) is 5.82 Å². The van der Waals surface area contributed by atoms with E-state index in [-0.39, 0.29) is 11.9 Å². The van der Waals surface area contributed by atoms with Gasteiger partial charge in [-0.25, -0.2) is 0 Å². The van der Waals surface area contributed by atoms with Crippen molar-refractivity contribution in [1.82, 2.24) is 25.0 Å². The highest BCUT2D eigenvalue weighted by Crippen LogP contribution is 2.24. The zero-order valence-electron chi connectivity index (χ0n) is 20.8. The first-order valence-electron chi connectivity index (χ1n) is 12.3. The first-order valence-corrected chi connectivity index (χ1v) is 12.3. The number of hydrogen-bond acceptors (Lipinski definition) is 4. The predicted octanol–water partition coefficient (Wildman–Crippen LogP) is 4.71. The van der Waals surface area contributed by atoms with Crippen molar-refractivity contribution in [2.45, 2.75) is 79.8 Å². The Balaban J connectivity index is 1.78. The number of nitrogens with one attached hydrogen (secondary N) is 1. The highest BCUT2D eigenvalue weighted by molar-refractivity contribution is 5.94. The molecule has 0 saturated carbocycles. The van der Waals surface area contributed by atoms with E-state index in [1.54, 1.807) is 0 Å². The average molecular weight is 440 g/mol. The second-order valence-electron chi connectivity index (χ2n) is 9.89. The molecule has 0 unspecified atom stereocenters. The molecule has 1 amide bonds. The molecular weight excluding hydrogens is 398 g/mol. The van der Waals surface area contributed by atoms with Crippen LogP contribution in [-0.4, -0.2) is 45.2 Å². The minimum Gasteiger partial charge on any atom is -0.342 e. The van der Waals surface area contributed by atoms with Gasteiger partial charge < -0.3 is 14.8 Å². The molecule has 0 aliphatic carbocycles. The van der Waals surface area contributed by atoms with Crippen LogP contribution >= 0.6 is 0 Å². The van der Waals surface area contributed by atoms with Crippen molar-refractivity contribution in [2.24, 2.45) is 11.8 Å². The van der Waals surface area contributed by atoms with Crippen LogP contribution in [-0.2, 0) is 13.0 Å². The quantitative estimate of drug-likeness (QED) is 0.615. The fourth-order valence-electron chi connectivity index (χ4n) is 4.79. The highest BCUT2D eigenvalue weighted by Gasteiger charge is 2.27. The molecule has 3 rings (SSSR count). The zero-order valence-corrected chi connectivity index (χ0v) is 20.8. The largest absolute Gasteiger partial charge is 0.342 e. The van der Waals surface area contributed by atoms with Crippen molar-refractivity contribution in [2.75, 3.05) is 19.6 Å². The summed E-state index contributed by atoms with van der Waals surface area (Å²) in [5, 5.41) is 12.4. The van der Waals surface area contributed by atoms with E-state index in [1.807, 2.05) is 26.0 Å². The molecule has 1 aromatic heterocycles. The molecule has 0 bridgehead atoms. The van der Waals surface area contributed by atoms with Crippen molar-refractivity contribution >= 4 is 5.91 Å². The van der Waals surface area contributed by atoms with E-state index >= 15 is 0 Å². The van der Waals surface area contributed by atoms with E-state index in [4.69, 9.17) is 0 Å². The van der Waals surface area contributed by atoms with Gasteiger partial charge in [0.15, 0.2) is 5.82 Å². The highest BCUT2D eigenvalue weighted by atomic mass is 16.1. The second kappa shape index (κ2) is 11.1. The lowest BCUT2D eigenvalue weighted by atomic mass is 10.0. The van der Waals surface area contributed by atoms with Gasteiger partial charge in [-0.15, -0.1) is 10.2 Å². The number of nitrogens with zero attached hydrogens (tertiary/aromatic N) is 4. The van der Waals surface area contributed by atoms with Gasteiger partial charge in [0, 0.05) is 38.2 Å². The third kappa shape index (κ3) is 6.18. The average Bonchev–Trinajstić information content (AvgIpc) is 3.04. The summed E-state index contributed by atoms with van der Waals surface area (Å²) in [7, 11) is 0. The first kappa shape index (κ1) is 24.4. The van der Waals surface area contributed by atoms with Crippen LogP contribution in [0.25, 0.3) is 0 Å². The van der Waals surface area contributed by atoms with Crippen LogP contribution in [0.4, 0.5) is 0 Å². The lowest BCUT2D eigenvalue weighted by molar-refractivity contribution is 0.0928. The van der Waals surface area contributed by atoms with Gasteiger partial charge in [0.25, 0.3) is 5.91 Å². The molecule has 2 aromatic rings. The maximum absolute atomic E-state index is 13.1. The zero-order chi connectivity index (χ0) is 23.3. The SMILES string of the molecule is CCC(CC)CN1CCc2nnc([C@@H](CC(C)C)NC(=O)c3cc(C)cc(C)c3)n2CC1. The Morgan fingerprint density at radius 2 is 1.72 bits per heavy atom. The van der Waals surface area contributed by atoms with Crippen molar-refractivity contribution in [3.8, 4) is 0 Å². The summed E-state index contributed by atoms with van der Waals surface area (Å²) >= 11 is 0. The summed E-state index contributed by atoms with van der Waals surface area (Å²) < 4.78 is 2.27. The normalized spacial score (nSPS) is 15.6. The Labute approximate surface area is 193 Å². The number of hydrogen-bond donors (Lipinski definition) is 1. The first-order chi connectivity index (χ1) is 15.3. The molecule has 32 heavy (non-hydrogen) atoms. The maximum Gasteiger partial charge on any atom is 0.251 e. The Morgan fingerprint density at radius 3 is 2.34 bits per heavy atom. The van der Waals surface area contributed by atoms with Gasteiger partial charge in [-0.3, -0.25) is 4.79 Å². The summed E-state index contributed by atoms with van der Waals surface area (Å²) in [6.45, 7) is 17.1. The molecule has 1 atom stereocenters. The third-order valence-corrected chi connectivity index (χ3v) is 6.63. The fraction of sp³-hybridized carbons (Fsp3) is 0.654. The Morgan fingerprint density at radius 1 is 1.03 bits per heavy atom. The molecule has 1 aliphatic rings. The van der Waals surface area contributed by atoms with E-state index in [1.165, 1.54) is 12.8 Å². The topological polar surface area (TPSA) is 63.1 Å². The molecular formula is C26H41N5O. The van der Waals surface area contributed by atoms with Crippen molar-refractivity contribution in [3.05, 3.63) is 46.5 Å². The summed E-state index contributed by atoms with van der Waals surface area (Å²) in [5.41, 5.74) is 2.91. The lowest BCUT2D eigenvalue weighted by Gasteiger charge is -2.25. The Hall–Kier alpha value is -2.21. The van der Waals surface area contributed by atoms with E-state index in [0.29, 0.717) is 11.5 Å². The molecule has 2 heterocycles. The molecule has 0 saturated heterocycles. The summed E-state index contributed by atoms with van der Waals surface area (Å²) in [6, 6.07) is 5.85. The van der Waals surface area contributed by atoms with Crippen molar-refractivity contribution in [3.63, 3.8) is 0 Å². The minimum atomic E-state index is -0.143. The lowest BCUT2D eigenvalue weighted by Crippen LogP contribution is -2.33. The van der Waals surface area contributed by atoms with E-state index in [2.05, 4.69) is 58.7 Å². The number of aromatic nitrogens is 3. The van der Waals surface area contributed by atoms with Gasteiger partial charge in [0.2, 0.25) is 0 Å². The van der Waals surface area contributed by atoms with E-state index in [9.17, 15) is 4.79 Å². The second-order valence-corrected chi connectivity index (χ2v) is 9.89. The molecule has 0 fully saturated rings. The number of carbonyl (C=O) groups excluding carboxylic acids is 1. The van der Waals surface area contributed by atoms with Gasteiger partial charge in [-0.1, -0.05) is 57.7 Å². The summed E-state index contributed by atoms with van der Waals surface area (Å²) in [6.07, 6.45) is 4.20. The van der Waals surface area contributed by atoms with Crippen LogP contribution in [0.3, 0.4) is 0 Å². The molecule has 1 aromatic carbocycles. The van der Waals surface area contributed by atoms with Gasteiger partial charge in [-0.2, -0.15) is 0 Å². The molecule has 1 N–H and O–H groups in total. The fourth-order valence-corrected chi connectivity index (χ4v) is 4.79. The molecule has 6 nitrogen and oxygen atoms in total. The number of carbonyl (C=O) groups is 1. The van der Waals surface area contributed by atoms with Crippen molar-refractivity contribution in [1.29, 1.82) is 0 Å². The van der Waals surface area contributed by atoms with Gasteiger partial charge >= 0.3 is 0 Å². The van der Waals surface area contributed by atoms with Crippen LogP contribution < -0.4 is 5.32 Å². The maximum atomic E-state index is 13.1. The number of fused-ring (bicyclic) bond motifs is 1. The van der Waals surface area contributed by atoms with Crippen LogP contribution in [0.15, 0.2) is 18.2 Å². The summed E-state index contributed by atoms with van der Waals surface area (Å²) in [5.74, 6) is 3.09. The summed E-state index contributed by atoms with van der Waals surface area (Å²) in [4.78, 5) is 15.7. The van der Waals surface area contributed by atoms with E-state index < -0.39 is 0 Å². The van der Waals surface area contributed by atoms with E-state index in [0.717, 1.165) is 67.7 Å². The molecule has 1 aliphatic heterocycles. The van der Waals surface area contributed by atoms with Crippen LogP contribution in [0.5, 0.6) is 0 Å². The number of rotatable bonds is 9. The molecule has 176 valence electrons. The Kier molecular flexibility index (Phi) is 8.46. The molecule has 0 spiro atoms. The van der Waals surface area contributed by atoms with Crippen LogP contribution in [0.1, 0.15) is 86.1 Å². The number of aryl methyl sites for hydroxylation is 2. The molecule has 0 radical (unpaired) electrons. The van der Waals surface area contributed by atoms with Crippen LogP contribution in [0, 0.1) is 25.7 Å². The Bertz CT molecular complexity index is 879. The van der Waals surface area contributed by atoms with Gasteiger partial charge in [0.05, 0.1) is 6.04 Å². The standard InChI is InChI=1S/C26H41N5O/c1-7-21(8-2)17-30-10-9-24-28-29-25(31(24)12-11-30)23(13-18(3)4)27-26(32)22-15-19(5)14-20(6)16-22/h14-16,18,21,23H,7-13,17H2,1-6H3,(H,27,32)/t23-/m1/s1. The van der Waals surface area contributed by atoms with Gasteiger partial charge in [-0.05, 0) is 44.2 Å². The number of benzene rings is 1. The molecule has 6 heteroatoms. The monoisotopic (exact) mass is 439 g/mol. The predicted molar refractivity (Wildman–Crippen MR) is 130 cm³/mol.